The maximum Gasteiger partial charge on any atom is 0.0569 e. The van der Waals surface area contributed by atoms with Crippen LogP contribution in [0.25, 0.3) is 0 Å². The highest BCUT2D eigenvalue weighted by atomic mass is 16.5. The van der Waals surface area contributed by atoms with Crippen molar-refractivity contribution in [2.75, 3.05) is 7.11 Å². The Bertz CT molecular complexity index is 182. The number of methoxy groups -OCH3 is 1. The number of hydrogen-bond acceptors (Lipinski definition) is 2. The zero-order chi connectivity index (χ0) is 12.0. The van der Waals surface area contributed by atoms with E-state index >= 15 is 0 Å². The monoisotopic (exact) mass is 228 g/mol. The third-order valence-corrected chi connectivity index (χ3v) is 4.22. The number of rotatable bonds is 6. The minimum Gasteiger partial charge on any atom is -0.393 e. The fraction of sp³-hybridized carbons (Fsp3) is 1.00. The van der Waals surface area contributed by atoms with E-state index in [-0.39, 0.29) is 12.2 Å². The van der Waals surface area contributed by atoms with Crippen molar-refractivity contribution in [2.45, 2.75) is 71.0 Å². The van der Waals surface area contributed by atoms with Gasteiger partial charge in [-0.2, -0.15) is 0 Å². The van der Waals surface area contributed by atoms with Crippen LogP contribution in [0.3, 0.4) is 0 Å². The molecule has 2 nitrogen and oxygen atoms in total. The van der Waals surface area contributed by atoms with Crippen molar-refractivity contribution in [3.63, 3.8) is 0 Å². The van der Waals surface area contributed by atoms with E-state index in [0.717, 1.165) is 18.8 Å². The number of aliphatic hydroxyl groups excluding tert-OH is 1. The van der Waals surface area contributed by atoms with Crippen molar-refractivity contribution in [2.24, 2.45) is 11.8 Å². The predicted molar refractivity (Wildman–Crippen MR) is 67.5 cm³/mol. The van der Waals surface area contributed by atoms with Crippen LogP contribution >= 0.6 is 0 Å². The SMILES string of the molecule is CCC1CCCC(C(O)CCC(C)OC)C1. The molecule has 0 amide bonds. The molecule has 0 aromatic heterocycles. The van der Waals surface area contributed by atoms with Gasteiger partial charge >= 0.3 is 0 Å². The van der Waals surface area contributed by atoms with Crippen LogP contribution in [-0.4, -0.2) is 24.4 Å². The third-order valence-electron chi connectivity index (χ3n) is 4.22. The molecule has 0 bridgehead atoms. The number of ether oxygens (including phenoxy) is 1. The largest absolute Gasteiger partial charge is 0.393 e. The lowest BCUT2D eigenvalue weighted by Crippen LogP contribution is -2.27. The van der Waals surface area contributed by atoms with E-state index in [0.29, 0.717) is 5.92 Å². The Kier molecular flexibility index (Phi) is 6.37. The molecule has 1 fully saturated rings. The molecule has 4 atom stereocenters. The van der Waals surface area contributed by atoms with E-state index in [1.165, 1.54) is 32.1 Å². The fourth-order valence-electron chi connectivity index (χ4n) is 2.81. The standard InChI is InChI=1S/C14H28O2/c1-4-12-6-5-7-13(10-12)14(15)9-8-11(2)16-3/h11-15H,4-10H2,1-3H3. The maximum atomic E-state index is 10.2. The molecule has 0 heterocycles. The minimum absolute atomic E-state index is 0.105. The summed E-state index contributed by atoms with van der Waals surface area (Å²) in [5.74, 6) is 1.40. The number of hydrogen-bond donors (Lipinski definition) is 1. The molecule has 1 aliphatic carbocycles. The third kappa shape index (κ3) is 4.42. The van der Waals surface area contributed by atoms with Crippen molar-refractivity contribution in [1.29, 1.82) is 0 Å². The zero-order valence-electron chi connectivity index (χ0n) is 11.1. The molecule has 1 rings (SSSR count). The first-order valence-electron chi connectivity index (χ1n) is 6.88. The summed E-state index contributed by atoms with van der Waals surface area (Å²) in [5, 5.41) is 10.2. The topological polar surface area (TPSA) is 29.5 Å². The van der Waals surface area contributed by atoms with Gasteiger partial charge in [-0.1, -0.05) is 26.2 Å². The molecule has 16 heavy (non-hydrogen) atoms. The molecule has 96 valence electrons. The van der Waals surface area contributed by atoms with Gasteiger partial charge in [0, 0.05) is 7.11 Å². The molecule has 0 saturated heterocycles. The van der Waals surface area contributed by atoms with Gasteiger partial charge in [0.1, 0.15) is 0 Å². The van der Waals surface area contributed by atoms with Crippen LogP contribution in [0.2, 0.25) is 0 Å². The van der Waals surface area contributed by atoms with Gasteiger partial charge in [-0.3, -0.25) is 0 Å². The van der Waals surface area contributed by atoms with Crippen molar-refractivity contribution >= 4 is 0 Å². The van der Waals surface area contributed by atoms with Gasteiger partial charge in [0.25, 0.3) is 0 Å². The summed E-state index contributed by atoms with van der Waals surface area (Å²) >= 11 is 0. The first-order chi connectivity index (χ1) is 7.67. The highest BCUT2D eigenvalue weighted by Crippen LogP contribution is 2.34. The molecular formula is C14H28O2. The van der Waals surface area contributed by atoms with Gasteiger partial charge < -0.3 is 9.84 Å². The molecule has 0 aromatic rings. The van der Waals surface area contributed by atoms with E-state index in [9.17, 15) is 5.11 Å². The van der Waals surface area contributed by atoms with Crippen LogP contribution in [-0.2, 0) is 4.74 Å². The van der Waals surface area contributed by atoms with Crippen molar-refractivity contribution in [1.82, 2.24) is 0 Å². The van der Waals surface area contributed by atoms with Crippen molar-refractivity contribution < 1.29 is 9.84 Å². The summed E-state index contributed by atoms with van der Waals surface area (Å²) in [4.78, 5) is 0. The second-order valence-corrected chi connectivity index (χ2v) is 5.39. The van der Waals surface area contributed by atoms with Crippen molar-refractivity contribution in [3.8, 4) is 0 Å². The highest BCUT2D eigenvalue weighted by molar-refractivity contribution is 4.78. The minimum atomic E-state index is -0.105. The summed E-state index contributed by atoms with van der Waals surface area (Å²) in [7, 11) is 1.74. The average molecular weight is 228 g/mol. The lowest BCUT2D eigenvalue weighted by atomic mass is 9.77. The molecule has 0 radical (unpaired) electrons. The Hall–Kier alpha value is -0.0800. The smallest absolute Gasteiger partial charge is 0.0569 e. The second-order valence-electron chi connectivity index (χ2n) is 5.39. The first kappa shape index (κ1) is 14.0. The van der Waals surface area contributed by atoms with Gasteiger partial charge in [0.15, 0.2) is 0 Å². The van der Waals surface area contributed by atoms with Gasteiger partial charge in [0.05, 0.1) is 12.2 Å². The van der Waals surface area contributed by atoms with Gasteiger partial charge in [-0.15, -0.1) is 0 Å². The van der Waals surface area contributed by atoms with Crippen LogP contribution in [0.5, 0.6) is 0 Å². The van der Waals surface area contributed by atoms with Crippen LogP contribution < -0.4 is 0 Å². The molecule has 0 spiro atoms. The second kappa shape index (κ2) is 7.29. The van der Waals surface area contributed by atoms with E-state index in [1.54, 1.807) is 7.11 Å². The molecular weight excluding hydrogens is 200 g/mol. The summed E-state index contributed by atoms with van der Waals surface area (Å²) in [5.41, 5.74) is 0. The Morgan fingerprint density at radius 2 is 2.06 bits per heavy atom. The van der Waals surface area contributed by atoms with Crippen LogP contribution in [0, 0.1) is 11.8 Å². The van der Waals surface area contributed by atoms with Crippen LogP contribution in [0.4, 0.5) is 0 Å². The zero-order valence-corrected chi connectivity index (χ0v) is 11.1. The van der Waals surface area contributed by atoms with Gasteiger partial charge in [0.2, 0.25) is 0 Å². The van der Waals surface area contributed by atoms with Gasteiger partial charge in [-0.25, -0.2) is 0 Å². The fourth-order valence-corrected chi connectivity index (χ4v) is 2.81. The molecule has 1 saturated carbocycles. The Balaban J connectivity index is 2.27. The van der Waals surface area contributed by atoms with Crippen LogP contribution in [0.15, 0.2) is 0 Å². The molecule has 4 unspecified atom stereocenters. The number of aliphatic hydroxyl groups is 1. The van der Waals surface area contributed by atoms with Crippen LogP contribution in [0.1, 0.15) is 58.8 Å². The van der Waals surface area contributed by atoms with Gasteiger partial charge in [-0.05, 0) is 44.4 Å². The lowest BCUT2D eigenvalue weighted by Gasteiger charge is -2.32. The Labute approximate surface area is 100 Å². The maximum absolute atomic E-state index is 10.2. The van der Waals surface area contributed by atoms with E-state index in [4.69, 9.17) is 4.74 Å². The van der Waals surface area contributed by atoms with Crippen molar-refractivity contribution in [3.05, 3.63) is 0 Å². The van der Waals surface area contributed by atoms with E-state index < -0.39 is 0 Å². The normalized spacial score (nSPS) is 30.0. The molecule has 1 N–H and O–H groups in total. The Morgan fingerprint density at radius 1 is 1.31 bits per heavy atom. The quantitative estimate of drug-likeness (QED) is 0.755. The molecule has 1 aliphatic rings. The summed E-state index contributed by atoms with van der Waals surface area (Å²) in [6.07, 6.45) is 8.46. The summed E-state index contributed by atoms with van der Waals surface area (Å²) in [6, 6.07) is 0. The molecule has 0 aromatic carbocycles. The highest BCUT2D eigenvalue weighted by Gasteiger charge is 2.26. The van der Waals surface area contributed by atoms with E-state index in [2.05, 4.69) is 13.8 Å². The van der Waals surface area contributed by atoms with E-state index in [1.807, 2.05) is 0 Å². The molecule has 2 heteroatoms. The predicted octanol–water partition coefficient (Wildman–Crippen LogP) is 3.38. The lowest BCUT2D eigenvalue weighted by molar-refractivity contribution is 0.0393. The molecule has 0 aliphatic heterocycles. The average Bonchev–Trinajstić information content (AvgIpc) is 2.35. The Morgan fingerprint density at radius 3 is 2.69 bits per heavy atom. The first-order valence-corrected chi connectivity index (χ1v) is 6.88. The summed E-state index contributed by atoms with van der Waals surface area (Å²) < 4.78 is 5.22. The summed E-state index contributed by atoms with van der Waals surface area (Å²) in [6.45, 7) is 4.34.